The monoisotopic (exact) mass is 200 g/mol. The average molecular weight is 200 g/mol. The second-order valence-electron chi connectivity index (χ2n) is 2.44. The minimum absolute atomic E-state index is 0.120. The summed E-state index contributed by atoms with van der Waals surface area (Å²) in [5.41, 5.74) is 8.31. The van der Waals surface area contributed by atoms with E-state index in [0.29, 0.717) is 0 Å². The maximum absolute atomic E-state index is 9.53. The zero-order chi connectivity index (χ0) is 9.68. The van der Waals surface area contributed by atoms with Crippen molar-refractivity contribution in [2.45, 2.75) is 6.10 Å². The van der Waals surface area contributed by atoms with Crippen LogP contribution in [0.3, 0.4) is 0 Å². The van der Waals surface area contributed by atoms with E-state index in [1.807, 2.05) is 16.8 Å². The number of guanidine groups is 1. The molecule has 0 aliphatic rings. The molecule has 0 saturated carbocycles. The molecule has 0 aliphatic heterocycles. The lowest BCUT2D eigenvalue weighted by Crippen LogP contribution is -2.37. The molecule has 0 aliphatic carbocycles. The second kappa shape index (κ2) is 4.80. The molecule has 0 aromatic carbocycles. The molecule has 6 heteroatoms. The molecule has 5 nitrogen and oxygen atoms in total. The highest BCUT2D eigenvalue weighted by atomic mass is 32.1. The Morgan fingerprint density at radius 1 is 1.77 bits per heavy atom. The molecule has 1 aromatic heterocycles. The third-order valence-electron chi connectivity index (χ3n) is 1.51. The standard InChI is InChI=1S/C7H12N4OS/c8-7(11-9)10-3-6(12)5-1-2-13-4-5/h1-2,4,6,12H,3,9H2,(H3,8,10,11). The predicted octanol–water partition coefficient (Wildman–Crippen LogP) is -0.440. The van der Waals surface area contributed by atoms with Crippen molar-refractivity contribution in [1.29, 1.82) is 0 Å². The topological polar surface area (TPSA) is 96.7 Å². The number of aliphatic hydroxyl groups excluding tert-OH is 1. The maximum Gasteiger partial charge on any atom is 0.203 e. The molecule has 0 bridgehead atoms. The highest BCUT2D eigenvalue weighted by Crippen LogP contribution is 2.15. The first-order valence-corrected chi connectivity index (χ1v) is 4.65. The summed E-state index contributed by atoms with van der Waals surface area (Å²) < 4.78 is 0. The first kappa shape index (κ1) is 9.97. The van der Waals surface area contributed by atoms with Crippen LogP contribution < -0.4 is 17.0 Å². The Morgan fingerprint density at radius 2 is 2.54 bits per heavy atom. The SMILES string of the molecule is NNC(N)=NCC(O)c1ccsc1. The van der Waals surface area contributed by atoms with E-state index >= 15 is 0 Å². The molecule has 1 aromatic rings. The Kier molecular flexibility index (Phi) is 3.69. The molecule has 0 radical (unpaired) electrons. The van der Waals surface area contributed by atoms with Crippen molar-refractivity contribution in [1.82, 2.24) is 5.43 Å². The molecule has 1 atom stereocenters. The third kappa shape index (κ3) is 3.02. The van der Waals surface area contributed by atoms with Gasteiger partial charge in [-0.2, -0.15) is 11.3 Å². The fraction of sp³-hybridized carbons (Fsp3) is 0.286. The molecule has 1 heterocycles. The van der Waals surface area contributed by atoms with Gasteiger partial charge in [-0.25, -0.2) is 10.8 Å². The van der Waals surface area contributed by atoms with Gasteiger partial charge in [0, 0.05) is 0 Å². The van der Waals surface area contributed by atoms with Crippen LogP contribution >= 0.6 is 11.3 Å². The Balaban J connectivity index is 2.47. The Bertz CT molecular complexity index is 272. The van der Waals surface area contributed by atoms with Gasteiger partial charge in [0.1, 0.15) is 0 Å². The van der Waals surface area contributed by atoms with E-state index in [-0.39, 0.29) is 12.5 Å². The van der Waals surface area contributed by atoms with E-state index in [2.05, 4.69) is 10.4 Å². The number of nitrogens with two attached hydrogens (primary N) is 2. The van der Waals surface area contributed by atoms with Gasteiger partial charge in [0.05, 0.1) is 12.6 Å². The van der Waals surface area contributed by atoms with E-state index in [9.17, 15) is 5.11 Å². The lowest BCUT2D eigenvalue weighted by atomic mass is 10.2. The zero-order valence-electron chi connectivity index (χ0n) is 6.97. The van der Waals surface area contributed by atoms with Gasteiger partial charge >= 0.3 is 0 Å². The highest BCUT2D eigenvalue weighted by molar-refractivity contribution is 7.07. The van der Waals surface area contributed by atoms with Crippen LogP contribution in [0.1, 0.15) is 11.7 Å². The van der Waals surface area contributed by atoms with Crippen molar-refractivity contribution < 1.29 is 5.11 Å². The number of aliphatic hydroxyl groups is 1. The number of nitrogens with one attached hydrogen (secondary N) is 1. The van der Waals surface area contributed by atoms with Gasteiger partial charge in [0.2, 0.25) is 5.96 Å². The van der Waals surface area contributed by atoms with Crippen molar-refractivity contribution in [3.63, 3.8) is 0 Å². The lowest BCUT2D eigenvalue weighted by Gasteiger charge is -2.05. The molecule has 0 amide bonds. The number of rotatable bonds is 3. The summed E-state index contributed by atoms with van der Waals surface area (Å²) in [7, 11) is 0. The fourth-order valence-corrected chi connectivity index (χ4v) is 1.51. The van der Waals surface area contributed by atoms with Crippen LogP contribution in [0.5, 0.6) is 0 Å². The molecule has 0 spiro atoms. The number of hydrogen-bond donors (Lipinski definition) is 4. The fourth-order valence-electron chi connectivity index (χ4n) is 0.800. The van der Waals surface area contributed by atoms with Gasteiger partial charge in [-0.3, -0.25) is 5.43 Å². The van der Waals surface area contributed by atoms with Gasteiger partial charge in [-0.15, -0.1) is 0 Å². The Labute approximate surface area is 80.1 Å². The van der Waals surface area contributed by atoms with Crippen molar-refractivity contribution in [2.24, 2.45) is 16.6 Å². The summed E-state index contributed by atoms with van der Waals surface area (Å²) in [6, 6.07) is 1.84. The highest BCUT2D eigenvalue weighted by Gasteiger charge is 2.06. The van der Waals surface area contributed by atoms with Crippen LogP contribution in [0, 0.1) is 0 Å². The minimum atomic E-state index is -0.613. The van der Waals surface area contributed by atoms with Crippen LogP contribution in [0.25, 0.3) is 0 Å². The Morgan fingerprint density at radius 3 is 3.08 bits per heavy atom. The zero-order valence-corrected chi connectivity index (χ0v) is 7.79. The summed E-state index contributed by atoms with van der Waals surface area (Å²) in [5, 5.41) is 13.3. The molecule has 0 fully saturated rings. The molecule has 0 saturated heterocycles. The van der Waals surface area contributed by atoms with E-state index in [1.54, 1.807) is 0 Å². The smallest absolute Gasteiger partial charge is 0.203 e. The average Bonchev–Trinajstić information content (AvgIpc) is 2.66. The molecule has 72 valence electrons. The van der Waals surface area contributed by atoms with Gasteiger partial charge in [0.25, 0.3) is 0 Å². The van der Waals surface area contributed by atoms with Gasteiger partial charge in [-0.1, -0.05) is 0 Å². The normalized spacial score (nSPS) is 14.2. The predicted molar refractivity (Wildman–Crippen MR) is 53.1 cm³/mol. The molecular weight excluding hydrogens is 188 g/mol. The van der Waals surface area contributed by atoms with Crippen molar-refractivity contribution in [2.75, 3.05) is 6.54 Å². The third-order valence-corrected chi connectivity index (χ3v) is 2.21. The maximum atomic E-state index is 9.53. The van der Waals surface area contributed by atoms with Crippen LogP contribution in [0.4, 0.5) is 0 Å². The van der Waals surface area contributed by atoms with Crippen molar-refractivity contribution >= 4 is 17.3 Å². The van der Waals surface area contributed by atoms with Crippen molar-refractivity contribution in [3.8, 4) is 0 Å². The van der Waals surface area contributed by atoms with Crippen LogP contribution in [-0.4, -0.2) is 17.6 Å². The molecular formula is C7H12N4OS. The first-order valence-electron chi connectivity index (χ1n) is 3.70. The summed E-state index contributed by atoms with van der Waals surface area (Å²) in [6.45, 7) is 0.215. The lowest BCUT2D eigenvalue weighted by molar-refractivity contribution is 0.187. The number of aliphatic imine (C=N–C) groups is 1. The molecule has 1 unspecified atom stereocenters. The number of hydrazine groups is 1. The van der Waals surface area contributed by atoms with Gasteiger partial charge in [0.15, 0.2) is 0 Å². The van der Waals surface area contributed by atoms with Crippen LogP contribution in [0.15, 0.2) is 21.8 Å². The number of hydrogen-bond acceptors (Lipinski definition) is 4. The summed E-state index contributed by atoms with van der Waals surface area (Å²) in [6.07, 6.45) is -0.613. The summed E-state index contributed by atoms with van der Waals surface area (Å²) in [4.78, 5) is 3.81. The van der Waals surface area contributed by atoms with E-state index in [4.69, 9.17) is 11.6 Å². The summed E-state index contributed by atoms with van der Waals surface area (Å²) >= 11 is 1.53. The molecule has 6 N–H and O–H groups in total. The molecule has 1 rings (SSSR count). The summed E-state index contributed by atoms with van der Waals surface area (Å²) in [5.74, 6) is 5.11. The second-order valence-corrected chi connectivity index (χ2v) is 3.22. The minimum Gasteiger partial charge on any atom is -0.386 e. The number of nitrogens with zero attached hydrogens (tertiary/aromatic N) is 1. The molecule has 13 heavy (non-hydrogen) atoms. The van der Waals surface area contributed by atoms with Crippen LogP contribution in [0.2, 0.25) is 0 Å². The number of thiophene rings is 1. The van der Waals surface area contributed by atoms with Crippen molar-refractivity contribution in [3.05, 3.63) is 22.4 Å². The van der Waals surface area contributed by atoms with Gasteiger partial charge < -0.3 is 10.8 Å². The first-order chi connectivity index (χ1) is 6.24. The van der Waals surface area contributed by atoms with E-state index < -0.39 is 6.10 Å². The van der Waals surface area contributed by atoms with E-state index in [0.717, 1.165) is 5.56 Å². The van der Waals surface area contributed by atoms with Crippen LogP contribution in [-0.2, 0) is 0 Å². The van der Waals surface area contributed by atoms with E-state index in [1.165, 1.54) is 11.3 Å². The quantitative estimate of drug-likeness (QED) is 0.230. The Hall–Kier alpha value is -1.11. The largest absolute Gasteiger partial charge is 0.386 e. The van der Waals surface area contributed by atoms with Gasteiger partial charge in [-0.05, 0) is 22.4 Å².